The second kappa shape index (κ2) is 5.44. The first-order valence-electron chi connectivity index (χ1n) is 7.52. The van der Waals surface area contributed by atoms with Crippen LogP contribution in [-0.2, 0) is 14.6 Å². The van der Waals surface area contributed by atoms with E-state index in [1.807, 2.05) is 13.0 Å². The van der Waals surface area contributed by atoms with Crippen molar-refractivity contribution in [2.75, 3.05) is 16.8 Å². The van der Waals surface area contributed by atoms with Crippen LogP contribution in [0.15, 0.2) is 6.07 Å². The predicted octanol–water partition coefficient (Wildman–Crippen LogP) is 1.68. The van der Waals surface area contributed by atoms with Crippen LogP contribution in [0.1, 0.15) is 43.8 Å². The number of hydrogen-bond donors (Lipinski definition) is 1. The first-order chi connectivity index (χ1) is 9.94. The molecule has 1 N–H and O–H groups in total. The maximum Gasteiger partial charge on any atom is 0.228 e. The molecule has 116 valence electrons. The number of nitrogens with one attached hydrogen (secondary N) is 1. The Kier molecular flexibility index (Phi) is 3.77. The lowest BCUT2D eigenvalue weighted by atomic mass is 10.1. The molecule has 1 atom stereocenters. The number of aromatic nitrogens is 2. The minimum absolute atomic E-state index is 0.0366. The van der Waals surface area contributed by atoms with Gasteiger partial charge in [0.25, 0.3) is 0 Å². The van der Waals surface area contributed by atoms with Gasteiger partial charge in [-0.25, -0.2) is 13.1 Å². The summed E-state index contributed by atoms with van der Waals surface area (Å²) in [7, 11) is -2.97. The quantitative estimate of drug-likeness (QED) is 0.921. The van der Waals surface area contributed by atoms with Gasteiger partial charge in [-0.05, 0) is 26.2 Å². The average molecular weight is 311 g/mol. The minimum Gasteiger partial charge on any atom is -0.311 e. The summed E-state index contributed by atoms with van der Waals surface area (Å²) in [6, 6.07) is 1.65. The van der Waals surface area contributed by atoms with Crippen LogP contribution in [0.25, 0.3) is 0 Å². The number of sulfone groups is 1. The van der Waals surface area contributed by atoms with Gasteiger partial charge < -0.3 is 5.32 Å². The zero-order valence-electron chi connectivity index (χ0n) is 12.2. The van der Waals surface area contributed by atoms with Gasteiger partial charge in [0.05, 0.1) is 23.2 Å². The fourth-order valence-corrected chi connectivity index (χ4v) is 4.96. The van der Waals surface area contributed by atoms with E-state index in [2.05, 4.69) is 10.4 Å². The van der Waals surface area contributed by atoms with Crippen LogP contribution >= 0.6 is 0 Å². The predicted molar refractivity (Wildman–Crippen MR) is 79.9 cm³/mol. The smallest absolute Gasteiger partial charge is 0.228 e. The van der Waals surface area contributed by atoms with Crippen molar-refractivity contribution in [1.82, 2.24) is 9.78 Å². The fraction of sp³-hybridized carbons (Fsp3) is 0.714. The lowest BCUT2D eigenvalue weighted by molar-refractivity contribution is -0.119. The highest BCUT2D eigenvalue weighted by Gasteiger charge is 2.32. The highest BCUT2D eigenvalue weighted by atomic mass is 32.2. The van der Waals surface area contributed by atoms with Crippen LogP contribution in [0.4, 0.5) is 5.82 Å². The van der Waals surface area contributed by atoms with E-state index >= 15 is 0 Å². The van der Waals surface area contributed by atoms with Crippen LogP contribution in [-0.4, -0.2) is 35.6 Å². The van der Waals surface area contributed by atoms with Gasteiger partial charge in [-0.15, -0.1) is 0 Å². The van der Waals surface area contributed by atoms with Crippen molar-refractivity contribution < 1.29 is 13.2 Å². The molecule has 0 aromatic carbocycles. The summed E-state index contributed by atoms with van der Waals surface area (Å²) >= 11 is 0. The molecule has 2 heterocycles. The van der Waals surface area contributed by atoms with E-state index < -0.39 is 9.84 Å². The van der Waals surface area contributed by atoms with Crippen molar-refractivity contribution in [3.63, 3.8) is 0 Å². The van der Waals surface area contributed by atoms with Crippen LogP contribution in [0, 0.1) is 12.8 Å². The molecule has 1 amide bonds. The van der Waals surface area contributed by atoms with Gasteiger partial charge in [-0.1, -0.05) is 12.8 Å². The van der Waals surface area contributed by atoms with Crippen LogP contribution < -0.4 is 5.32 Å². The third-order valence-electron chi connectivity index (χ3n) is 4.39. The highest BCUT2D eigenvalue weighted by molar-refractivity contribution is 7.91. The molecule has 1 aromatic heterocycles. The number of aryl methyl sites for hydroxylation is 1. The van der Waals surface area contributed by atoms with Gasteiger partial charge in [0.1, 0.15) is 5.82 Å². The molecule has 21 heavy (non-hydrogen) atoms. The molecule has 2 fully saturated rings. The Morgan fingerprint density at radius 2 is 2.05 bits per heavy atom. The number of amides is 1. The third kappa shape index (κ3) is 3.12. The summed E-state index contributed by atoms with van der Waals surface area (Å²) in [6.45, 7) is 1.85. The Labute approximate surface area is 124 Å². The summed E-state index contributed by atoms with van der Waals surface area (Å²) in [5.41, 5.74) is 0.793. The molecule has 3 rings (SSSR count). The molecule has 1 unspecified atom stereocenters. The zero-order valence-corrected chi connectivity index (χ0v) is 13.0. The van der Waals surface area contributed by atoms with E-state index in [-0.39, 0.29) is 29.4 Å². The molecule has 0 radical (unpaired) electrons. The number of anilines is 1. The first kappa shape index (κ1) is 14.6. The fourth-order valence-electron chi connectivity index (χ4n) is 3.27. The molecule has 1 aromatic rings. The van der Waals surface area contributed by atoms with Gasteiger partial charge in [0.2, 0.25) is 5.91 Å². The molecule has 2 aliphatic rings. The van der Waals surface area contributed by atoms with Crippen molar-refractivity contribution in [3.05, 3.63) is 11.8 Å². The normalized spacial score (nSPS) is 25.3. The number of carbonyl (C=O) groups excluding carboxylic acids is 1. The van der Waals surface area contributed by atoms with E-state index in [9.17, 15) is 13.2 Å². The molecular weight excluding hydrogens is 290 g/mol. The third-order valence-corrected chi connectivity index (χ3v) is 6.14. The lowest BCUT2D eigenvalue weighted by Gasteiger charge is -2.15. The van der Waals surface area contributed by atoms with Gasteiger partial charge in [-0.3, -0.25) is 4.79 Å². The molecule has 1 aliphatic carbocycles. The topological polar surface area (TPSA) is 81.1 Å². The maximum atomic E-state index is 12.2. The van der Waals surface area contributed by atoms with Crippen molar-refractivity contribution in [2.45, 2.75) is 45.1 Å². The van der Waals surface area contributed by atoms with Crippen LogP contribution in [0.3, 0.4) is 0 Å². The largest absolute Gasteiger partial charge is 0.311 e. The van der Waals surface area contributed by atoms with E-state index in [0.29, 0.717) is 12.2 Å². The molecular formula is C14H21N3O3S. The molecule has 0 spiro atoms. The molecule has 1 saturated heterocycles. The van der Waals surface area contributed by atoms with E-state index in [1.54, 1.807) is 4.68 Å². The Bertz CT molecular complexity index is 644. The van der Waals surface area contributed by atoms with E-state index in [4.69, 9.17) is 0 Å². The summed E-state index contributed by atoms with van der Waals surface area (Å²) in [5.74, 6) is 1.06. The van der Waals surface area contributed by atoms with Gasteiger partial charge in [0.15, 0.2) is 9.84 Å². The molecule has 6 nitrogen and oxygen atoms in total. The van der Waals surface area contributed by atoms with Crippen LogP contribution in [0.5, 0.6) is 0 Å². The molecule has 0 bridgehead atoms. The van der Waals surface area contributed by atoms with Crippen molar-refractivity contribution in [3.8, 4) is 0 Å². The average Bonchev–Trinajstić information content (AvgIpc) is 3.09. The molecule has 7 heteroatoms. The van der Waals surface area contributed by atoms with E-state index in [1.165, 1.54) is 0 Å². The number of hydrogen-bond acceptors (Lipinski definition) is 4. The monoisotopic (exact) mass is 311 g/mol. The summed E-state index contributed by atoms with van der Waals surface area (Å²) in [4.78, 5) is 12.2. The summed E-state index contributed by atoms with van der Waals surface area (Å²) in [6.07, 6.45) is 4.66. The summed E-state index contributed by atoms with van der Waals surface area (Å²) in [5, 5.41) is 7.32. The van der Waals surface area contributed by atoms with Crippen molar-refractivity contribution in [1.29, 1.82) is 0 Å². The lowest BCUT2D eigenvalue weighted by Crippen LogP contribution is -2.24. The SMILES string of the molecule is Cc1cc(NC(=O)C2CCCC2)n(C2CCS(=O)(=O)C2)n1. The van der Waals surface area contributed by atoms with Crippen LogP contribution in [0.2, 0.25) is 0 Å². The Balaban J connectivity index is 1.78. The maximum absolute atomic E-state index is 12.2. The summed E-state index contributed by atoms with van der Waals surface area (Å²) < 4.78 is 25.0. The second-order valence-electron chi connectivity index (χ2n) is 6.14. The van der Waals surface area contributed by atoms with Crippen molar-refractivity contribution in [2.24, 2.45) is 5.92 Å². The van der Waals surface area contributed by atoms with E-state index in [0.717, 1.165) is 31.4 Å². The number of carbonyl (C=O) groups is 1. The van der Waals surface area contributed by atoms with Gasteiger partial charge in [0, 0.05) is 12.0 Å². The zero-order chi connectivity index (χ0) is 15.0. The van der Waals surface area contributed by atoms with Crippen molar-refractivity contribution >= 4 is 21.6 Å². The molecule has 1 saturated carbocycles. The highest BCUT2D eigenvalue weighted by Crippen LogP contribution is 2.29. The Morgan fingerprint density at radius 1 is 1.33 bits per heavy atom. The standard InChI is InChI=1S/C14H21N3O3S/c1-10-8-13(15-14(18)11-4-2-3-5-11)17(16-10)12-6-7-21(19,20)9-12/h8,11-12H,2-7,9H2,1H3,(H,15,18). The minimum atomic E-state index is -2.97. The van der Waals surface area contributed by atoms with Gasteiger partial charge >= 0.3 is 0 Å². The Hall–Kier alpha value is -1.37. The number of rotatable bonds is 3. The van der Waals surface area contributed by atoms with Gasteiger partial charge in [-0.2, -0.15) is 5.10 Å². The number of nitrogens with zero attached hydrogens (tertiary/aromatic N) is 2. The second-order valence-corrected chi connectivity index (χ2v) is 8.37. The Morgan fingerprint density at radius 3 is 2.67 bits per heavy atom. The molecule has 1 aliphatic heterocycles. The first-order valence-corrected chi connectivity index (χ1v) is 9.34.